The van der Waals surface area contributed by atoms with Gasteiger partial charge in [-0.05, 0) is 48.4 Å². The highest BCUT2D eigenvalue weighted by Gasteiger charge is 2.27. The van der Waals surface area contributed by atoms with Crippen LogP contribution in [-0.2, 0) is 12.5 Å². The van der Waals surface area contributed by atoms with Gasteiger partial charge >= 0.3 is 0 Å². The van der Waals surface area contributed by atoms with E-state index >= 15 is 0 Å². The summed E-state index contributed by atoms with van der Waals surface area (Å²) >= 11 is 0. The summed E-state index contributed by atoms with van der Waals surface area (Å²) in [5.41, 5.74) is 2.30. The molecule has 0 saturated heterocycles. The monoisotopic (exact) mass is 366 g/mol. The van der Waals surface area contributed by atoms with Crippen molar-refractivity contribution in [3.8, 4) is 5.75 Å². The molecule has 0 aromatic heterocycles. The predicted octanol–water partition coefficient (Wildman–Crippen LogP) is 5.52. The van der Waals surface area contributed by atoms with E-state index in [2.05, 4.69) is 13.8 Å². The molecule has 3 rings (SSSR count). The summed E-state index contributed by atoms with van der Waals surface area (Å²) in [5.74, 6) is -0.296. The number of rotatable bonds is 6. The van der Waals surface area contributed by atoms with Gasteiger partial charge in [-0.3, -0.25) is 0 Å². The van der Waals surface area contributed by atoms with Crippen LogP contribution < -0.4 is 4.74 Å². The number of hydrogen-bond donors (Lipinski definition) is 0. The normalized spacial score (nSPS) is 26.6. The summed E-state index contributed by atoms with van der Waals surface area (Å²) in [6, 6.07) is 2.69. The third-order valence-electron chi connectivity index (χ3n) is 6.31. The van der Waals surface area contributed by atoms with Crippen molar-refractivity contribution in [3.05, 3.63) is 28.8 Å². The van der Waals surface area contributed by atoms with Crippen LogP contribution in [0.3, 0.4) is 0 Å². The van der Waals surface area contributed by atoms with Gasteiger partial charge in [0, 0.05) is 9.52 Å². The Bertz CT molecular complexity index is 582. The number of ether oxygens (including phenoxy) is 1. The Labute approximate surface area is 153 Å². The fourth-order valence-corrected chi connectivity index (χ4v) is 6.70. The molecule has 1 aliphatic carbocycles. The molecule has 140 valence electrons. The topological polar surface area (TPSA) is 9.23 Å². The van der Waals surface area contributed by atoms with Crippen molar-refractivity contribution >= 4 is 9.52 Å². The second-order valence-electron chi connectivity index (χ2n) is 8.05. The number of benzene rings is 1. The molecule has 1 saturated carbocycles. The molecule has 1 aromatic carbocycles. The second kappa shape index (κ2) is 8.66. The third kappa shape index (κ3) is 4.44. The quantitative estimate of drug-likeness (QED) is 0.603. The third-order valence-corrected chi connectivity index (χ3v) is 8.77. The molecular weight excluding hydrogens is 334 g/mol. The lowest BCUT2D eigenvalue weighted by Crippen LogP contribution is -2.24. The van der Waals surface area contributed by atoms with Crippen molar-refractivity contribution < 1.29 is 13.5 Å². The van der Waals surface area contributed by atoms with Crippen LogP contribution in [0.15, 0.2) is 6.07 Å². The zero-order valence-corrected chi connectivity index (χ0v) is 17.2. The van der Waals surface area contributed by atoms with Gasteiger partial charge in [-0.1, -0.05) is 57.9 Å². The first kappa shape index (κ1) is 18.9. The second-order valence-corrected chi connectivity index (χ2v) is 10.3. The first-order chi connectivity index (χ1) is 12.1. The summed E-state index contributed by atoms with van der Waals surface area (Å²) in [4.78, 5) is 0. The van der Waals surface area contributed by atoms with E-state index in [1.165, 1.54) is 32.1 Å². The summed E-state index contributed by atoms with van der Waals surface area (Å²) in [7, 11) is -0.391. The summed E-state index contributed by atoms with van der Waals surface area (Å²) < 4.78 is 34.8. The molecule has 4 heteroatoms. The molecule has 1 atom stereocenters. The highest BCUT2D eigenvalue weighted by atomic mass is 28.2. The molecule has 1 fully saturated rings. The van der Waals surface area contributed by atoms with Crippen molar-refractivity contribution in [2.45, 2.75) is 89.3 Å². The molecule has 1 unspecified atom stereocenters. The maximum absolute atomic E-state index is 14.5. The van der Waals surface area contributed by atoms with Gasteiger partial charge in [0.15, 0.2) is 11.6 Å². The number of fused-ring (bicyclic) bond motifs is 1. The Morgan fingerprint density at radius 2 is 1.84 bits per heavy atom. The van der Waals surface area contributed by atoms with Crippen molar-refractivity contribution in [1.29, 1.82) is 0 Å². The van der Waals surface area contributed by atoms with E-state index in [4.69, 9.17) is 4.74 Å². The smallest absolute Gasteiger partial charge is 0.201 e. The summed E-state index contributed by atoms with van der Waals surface area (Å²) in [5, 5.41) is 0. The fourth-order valence-electron chi connectivity index (χ4n) is 4.57. The number of aryl methyl sites for hydroxylation is 1. The van der Waals surface area contributed by atoms with Crippen molar-refractivity contribution in [2.75, 3.05) is 0 Å². The molecule has 1 aromatic rings. The lowest BCUT2D eigenvalue weighted by Gasteiger charge is -2.28. The maximum Gasteiger partial charge on any atom is 0.201 e. The molecule has 1 aliphatic heterocycles. The molecule has 1 nitrogen and oxygen atoms in total. The van der Waals surface area contributed by atoms with Crippen molar-refractivity contribution in [2.24, 2.45) is 5.92 Å². The highest BCUT2D eigenvalue weighted by molar-refractivity contribution is 6.37. The van der Waals surface area contributed by atoms with Crippen LogP contribution in [-0.4, -0.2) is 15.6 Å². The van der Waals surface area contributed by atoms with Gasteiger partial charge in [-0.2, -0.15) is 4.39 Å². The van der Waals surface area contributed by atoms with Gasteiger partial charge in [0.1, 0.15) is 0 Å². The van der Waals surface area contributed by atoms with Crippen LogP contribution in [0, 0.1) is 17.6 Å². The van der Waals surface area contributed by atoms with Crippen LogP contribution in [0.2, 0.25) is 5.54 Å². The molecule has 1 heterocycles. The standard InChI is InChI=1S/C21H32F2OSi/c1-3-5-17-9-8-15-12-16(19(22)20(23)21(15)24-17)13-25-18-10-6-14(4-2)7-11-18/h12,14,17-18H,3-11,13,25H2,1-2H3. The van der Waals surface area contributed by atoms with Gasteiger partial charge in [-0.25, -0.2) is 4.39 Å². The minimum Gasteiger partial charge on any atom is -0.487 e. The maximum atomic E-state index is 14.5. The minimum atomic E-state index is -0.739. The summed E-state index contributed by atoms with van der Waals surface area (Å²) in [6.45, 7) is 4.37. The Hall–Kier alpha value is -0.903. The van der Waals surface area contributed by atoms with Crippen LogP contribution in [0.25, 0.3) is 0 Å². The van der Waals surface area contributed by atoms with E-state index in [1.54, 1.807) is 0 Å². The first-order valence-corrected chi connectivity index (χ1v) is 12.1. The first-order valence-electron chi connectivity index (χ1n) is 10.3. The Morgan fingerprint density at radius 3 is 2.52 bits per heavy atom. The van der Waals surface area contributed by atoms with E-state index in [1.807, 2.05) is 6.07 Å². The molecule has 0 bridgehead atoms. The highest BCUT2D eigenvalue weighted by Crippen LogP contribution is 2.37. The number of hydrogen-bond acceptors (Lipinski definition) is 1. The van der Waals surface area contributed by atoms with E-state index < -0.39 is 21.2 Å². The van der Waals surface area contributed by atoms with Gasteiger partial charge in [0.2, 0.25) is 5.82 Å². The fraction of sp³-hybridized carbons (Fsp3) is 0.714. The summed E-state index contributed by atoms with van der Waals surface area (Å²) in [6.07, 6.45) is 10.3. The van der Waals surface area contributed by atoms with Crippen LogP contribution >= 0.6 is 0 Å². The molecule has 0 spiro atoms. The van der Waals surface area contributed by atoms with Gasteiger partial charge in [0.25, 0.3) is 0 Å². The van der Waals surface area contributed by atoms with Crippen LogP contribution in [0.4, 0.5) is 8.78 Å². The molecule has 0 N–H and O–H groups in total. The Morgan fingerprint density at radius 1 is 1.08 bits per heavy atom. The lowest BCUT2D eigenvalue weighted by molar-refractivity contribution is 0.153. The molecule has 0 radical (unpaired) electrons. The largest absolute Gasteiger partial charge is 0.487 e. The van der Waals surface area contributed by atoms with Crippen LogP contribution in [0.5, 0.6) is 5.75 Å². The molecule has 25 heavy (non-hydrogen) atoms. The van der Waals surface area contributed by atoms with Crippen molar-refractivity contribution in [3.63, 3.8) is 0 Å². The van der Waals surface area contributed by atoms with E-state index in [0.717, 1.165) is 48.7 Å². The zero-order valence-electron chi connectivity index (χ0n) is 15.8. The zero-order chi connectivity index (χ0) is 17.8. The van der Waals surface area contributed by atoms with Gasteiger partial charge in [0.05, 0.1) is 6.10 Å². The lowest BCUT2D eigenvalue weighted by atomic mass is 9.87. The SMILES string of the molecule is CCCC1CCc2cc(C[SiH2]C3CCC(CC)CC3)c(F)c(F)c2O1. The molecular formula is C21H32F2OSi. The Balaban J connectivity index is 1.64. The average Bonchev–Trinajstić information content (AvgIpc) is 2.64. The molecule has 0 amide bonds. The average molecular weight is 367 g/mol. The minimum absolute atomic E-state index is 0.0420. The number of halogens is 2. The predicted molar refractivity (Wildman–Crippen MR) is 102 cm³/mol. The molecule has 2 aliphatic rings. The van der Waals surface area contributed by atoms with Crippen LogP contribution in [0.1, 0.15) is 76.3 Å². The van der Waals surface area contributed by atoms with E-state index in [9.17, 15) is 8.78 Å². The van der Waals surface area contributed by atoms with Gasteiger partial charge < -0.3 is 4.74 Å². The van der Waals surface area contributed by atoms with Gasteiger partial charge in [-0.15, -0.1) is 0 Å². The Kier molecular flexibility index (Phi) is 6.53. The van der Waals surface area contributed by atoms with E-state index in [0.29, 0.717) is 5.56 Å². The van der Waals surface area contributed by atoms with Crippen molar-refractivity contribution in [1.82, 2.24) is 0 Å². The van der Waals surface area contributed by atoms with E-state index in [-0.39, 0.29) is 11.9 Å².